The summed E-state index contributed by atoms with van der Waals surface area (Å²) < 4.78 is 10.8. The molecule has 2 amide bonds. The molecule has 0 aromatic heterocycles. The van der Waals surface area contributed by atoms with Crippen LogP contribution in [0.5, 0.6) is 5.75 Å². The Morgan fingerprint density at radius 2 is 1.96 bits per heavy atom. The molecule has 0 unspecified atom stereocenters. The van der Waals surface area contributed by atoms with Crippen molar-refractivity contribution in [3.8, 4) is 5.75 Å². The minimum atomic E-state index is -0.283. The quantitative estimate of drug-likeness (QED) is 0.763. The fourth-order valence-corrected chi connectivity index (χ4v) is 3.23. The minimum Gasteiger partial charge on any atom is -0.493 e. The summed E-state index contributed by atoms with van der Waals surface area (Å²) in [6.07, 6.45) is 4.85. The van der Waals surface area contributed by atoms with Crippen LogP contribution in [0.2, 0.25) is 0 Å². The molecule has 146 valence electrons. The van der Waals surface area contributed by atoms with Crippen molar-refractivity contribution >= 4 is 18.1 Å². The van der Waals surface area contributed by atoms with E-state index in [9.17, 15) is 9.59 Å². The Morgan fingerprint density at radius 1 is 1.19 bits per heavy atom. The second-order valence-electron chi connectivity index (χ2n) is 7.44. The van der Waals surface area contributed by atoms with Gasteiger partial charge in [-0.1, -0.05) is 19.9 Å². The minimum absolute atomic E-state index is 0.0239. The molecular formula is C21H28N2O4. The maximum atomic E-state index is 12.5. The van der Waals surface area contributed by atoms with Gasteiger partial charge in [0.25, 0.3) is 0 Å². The van der Waals surface area contributed by atoms with E-state index < -0.39 is 0 Å². The highest BCUT2D eigenvalue weighted by Crippen LogP contribution is 2.26. The first-order valence-corrected chi connectivity index (χ1v) is 9.67. The number of amides is 2. The first-order valence-electron chi connectivity index (χ1n) is 9.67. The lowest BCUT2D eigenvalue weighted by atomic mass is 10.1. The second-order valence-corrected chi connectivity index (χ2v) is 7.44. The summed E-state index contributed by atoms with van der Waals surface area (Å²) in [5.41, 5.74) is 2.19. The monoisotopic (exact) mass is 372 g/mol. The lowest BCUT2D eigenvalue weighted by molar-refractivity contribution is -0.125. The summed E-state index contributed by atoms with van der Waals surface area (Å²) in [6, 6.07) is 5.99. The van der Waals surface area contributed by atoms with Crippen LogP contribution in [0.3, 0.4) is 0 Å². The molecule has 0 aliphatic carbocycles. The van der Waals surface area contributed by atoms with Crippen LogP contribution in [-0.4, -0.2) is 61.2 Å². The molecule has 2 heterocycles. The van der Waals surface area contributed by atoms with E-state index in [1.807, 2.05) is 32.1 Å². The van der Waals surface area contributed by atoms with Crippen molar-refractivity contribution in [2.75, 3.05) is 39.4 Å². The molecule has 27 heavy (non-hydrogen) atoms. The van der Waals surface area contributed by atoms with Crippen LogP contribution in [0.15, 0.2) is 24.3 Å². The topological polar surface area (TPSA) is 59.1 Å². The molecule has 0 N–H and O–H groups in total. The van der Waals surface area contributed by atoms with Crippen molar-refractivity contribution in [2.45, 2.75) is 26.7 Å². The zero-order valence-electron chi connectivity index (χ0n) is 16.1. The molecular weight excluding hydrogens is 344 g/mol. The van der Waals surface area contributed by atoms with Gasteiger partial charge >= 0.3 is 6.09 Å². The normalized spacial score (nSPS) is 17.0. The van der Waals surface area contributed by atoms with E-state index >= 15 is 0 Å². The van der Waals surface area contributed by atoms with Gasteiger partial charge in [0.05, 0.1) is 13.2 Å². The largest absolute Gasteiger partial charge is 0.493 e. The van der Waals surface area contributed by atoms with E-state index in [1.165, 1.54) is 5.56 Å². The van der Waals surface area contributed by atoms with Crippen molar-refractivity contribution in [2.24, 2.45) is 5.92 Å². The standard InChI is InChI=1S/C21H28N2O4/c1-16(2)15-27-21(25)23-10-3-9-22(11-12-23)20(24)7-5-17-4-6-19-18(14-17)8-13-26-19/h4-7,14,16H,3,8-13,15H2,1-2H3/b7-5+. The van der Waals surface area contributed by atoms with E-state index in [0.29, 0.717) is 38.7 Å². The number of ether oxygens (including phenoxy) is 2. The van der Waals surface area contributed by atoms with Gasteiger partial charge in [-0.25, -0.2) is 4.79 Å². The molecule has 6 heteroatoms. The Balaban J connectivity index is 1.52. The lowest BCUT2D eigenvalue weighted by Crippen LogP contribution is -2.37. The predicted molar refractivity (Wildman–Crippen MR) is 104 cm³/mol. The Labute approximate surface area is 160 Å². The van der Waals surface area contributed by atoms with Crippen LogP contribution in [0, 0.1) is 5.92 Å². The highest BCUT2D eigenvalue weighted by Gasteiger charge is 2.22. The summed E-state index contributed by atoms with van der Waals surface area (Å²) in [7, 11) is 0. The van der Waals surface area contributed by atoms with Crippen molar-refractivity contribution in [3.63, 3.8) is 0 Å². The SMILES string of the molecule is CC(C)COC(=O)N1CCCN(C(=O)/C=C/c2ccc3c(c2)CCO3)CC1. The molecule has 1 fully saturated rings. The third kappa shape index (κ3) is 5.25. The first-order chi connectivity index (χ1) is 13.0. The molecule has 0 spiro atoms. The zero-order chi connectivity index (χ0) is 19.2. The smallest absolute Gasteiger partial charge is 0.409 e. The van der Waals surface area contributed by atoms with Gasteiger partial charge in [-0.3, -0.25) is 4.79 Å². The number of nitrogens with zero attached hydrogens (tertiary/aromatic N) is 2. The lowest BCUT2D eigenvalue weighted by Gasteiger charge is -2.21. The summed E-state index contributed by atoms with van der Waals surface area (Å²) in [5.74, 6) is 1.23. The van der Waals surface area contributed by atoms with Crippen LogP contribution in [0.1, 0.15) is 31.4 Å². The molecule has 3 rings (SSSR count). The van der Waals surface area contributed by atoms with Crippen LogP contribution < -0.4 is 4.74 Å². The van der Waals surface area contributed by atoms with Gasteiger partial charge in [0.15, 0.2) is 0 Å². The van der Waals surface area contributed by atoms with Gasteiger partial charge in [-0.15, -0.1) is 0 Å². The maximum absolute atomic E-state index is 12.5. The third-order valence-electron chi connectivity index (χ3n) is 4.74. The van der Waals surface area contributed by atoms with Crippen LogP contribution in [0.4, 0.5) is 4.79 Å². The maximum Gasteiger partial charge on any atom is 0.409 e. The average molecular weight is 372 g/mol. The highest BCUT2D eigenvalue weighted by molar-refractivity contribution is 5.91. The van der Waals surface area contributed by atoms with Crippen LogP contribution in [-0.2, 0) is 16.0 Å². The first kappa shape index (κ1) is 19.3. The molecule has 0 bridgehead atoms. The zero-order valence-corrected chi connectivity index (χ0v) is 16.1. The Bertz CT molecular complexity index is 714. The summed E-state index contributed by atoms with van der Waals surface area (Å²) in [5, 5.41) is 0. The highest BCUT2D eigenvalue weighted by atomic mass is 16.6. The molecule has 1 aromatic carbocycles. The third-order valence-corrected chi connectivity index (χ3v) is 4.74. The number of hydrogen-bond donors (Lipinski definition) is 0. The summed E-state index contributed by atoms with van der Waals surface area (Å²) in [6.45, 7) is 7.47. The van der Waals surface area contributed by atoms with Gasteiger partial charge in [-0.2, -0.15) is 0 Å². The van der Waals surface area contributed by atoms with E-state index in [-0.39, 0.29) is 12.0 Å². The van der Waals surface area contributed by atoms with Gasteiger partial charge in [0.2, 0.25) is 5.91 Å². The second kappa shape index (κ2) is 8.93. The molecule has 6 nitrogen and oxygen atoms in total. The van der Waals surface area contributed by atoms with Gasteiger partial charge in [0.1, 0.15) is 5.75 Å². The molecule has 0 atom stereocenters. The van der Waals surface area contributed by atoms with E-state index in [0.717, 1.165) is 30.8 Å². The number of carbonyl (C=O) groups excluding carboxylic acids is 2. The van der Waals surface area contributed by atoms with E-state index in [2.05, 4.69) is 6.07 Å². The molecule has 2 aliphatic rings. The molecule has 0 radical (unpaired) electrons. The van der Waals surface area contributed by atoms with Crippen molar-refractivity contribution in [1.82, 2.24) is 9.80 Å². The number of fused-ring (bicyclic) bond motifs is 1. The number of hydrogen-bond acceptors (Lipinski definition) is 4. The Kier molecular flexibility index (Phi) is 6.37. The summed E-state index contributed by atoms with van der Waals surface area (Å²) in [4.78, 5) is 28.1. The molecule has 0 saturated carbocycles. The number of benzene rings is 1. The van der Waals surface area contributed by atoms with Gasteiger partial charge < -0.3 is 19.3 Å². The van der Waals surface area contributed by atoms with E-state index in [1.54, 1.807) is 15.9 Å². The van der Waals surface area contributed by atoms with Crippen LogP contribution >= 0.6 is 0 Å². The number of carbonyl (C=O) groups is 2. The van der Waals surface area contributed by atoms with E-state index in [4.69, 9.17) is 9.47 Å². The molecule has 1 aromatic rings. The molecule has 2 aliphatic heterocycles. The fourth-order valence-electron chi connectivity index (χ4n) is 3.23. The Hall–Kier alpha value is -2.50. The van der Waals surface area contributed by atoms with Gasteiger partial charge in [0, 0.05) is 38.7 Å². The Morgan fingerprint density at radius 3 is 2.78 bits per heavy atom. The van der Waals surface area contributed by atoms with Crippen LogP contribution in [0.25, 0.3) is 6.08 Å². The van der Waals surface area contributed by atoms with Gasteiger partial charge in [-0.05, 0) is 41.7 Å². The fraction of sp³-hybridized carbons (Fsp3) is 0.524. The average Bonchev–Trinajstić information content (AvgIpc) is 2.98. The number of rotatable bonds is 4. The van der Waals surface area contributed by atoms with Crippen molar-refractivity contribution in [1.29, 1.82) is 0 Å². The molecule has 1 saturated heterocycles. The van der Waals surface area contributed by atoms with Crippen molar-refractivity contribution < 1.29 is 19.1 Å². The predicted octanol–water partition coefficient (Wildman–Crippen LogP) is 2.96. The van der Waals surface area contributed by atoms with Crippen molar-refractivity contribution in [3.05, 3.63) is 35.4 Å². The summed E-state index contributed by atoms with van der Waals surface area (Å²) >= 11 is 0.